The molecule has 27 heavy (non-hydrogen) atoms. The van der Waals surface area contributed by atoms with Crippen molar-refractivity contribution in [2.45, 2.75) is 39.2 Å². The molecule has 1 aliphatic rings. The van der Waals surface area contributed by atoms with Gasteiger partial charge in [-0.15, -0.1) is 0 Å². The highest BCUT2D eigenvalue weighted by molar-refractivity contribution is 6.32. The highest BCUT2D eigenvalue weighted by Crippen LogP contribution is 2.34. The Hall–Kier alpha value is -1.91. The molecule has 1 amide bonds. The van der Waals surface area contributed by atoms with Crippen molar-refractivity contribution in [2.24, 2.45) is 0 Å². The molecule has 144 valence electrons. The van der Waals surface area contributed by atoms with Crippen LogP contribution in [0, 0.1) is 13.8 Å². The number of benzene rings is 2. The van der Waals surface area contributed by atoms with Gasteiger partial charge in [-0.25, -0.2) is 0 Å². The first kappa shape index (κ1) is 19.8. The molecule has 0 aromatic heterocycles. The average Bonchev–Trinajstić information content (AvgIpc) is 2.63. The third-order valence-corrected chi connectivity index (χ3v) is 5.40. The normalized spacial score (nSPS) is 15.6. The number of nitrogens with one attached hydrogen (secondary N) is 1. The number of rotatable bonds is 6. The number of hydrogen-bond acceptors (Lipinski definition) is 3. The summed E-state index contributed by atoms with van der Waals surface area (Å²) in [5.41, 5.74) is 2.91. The second kappa shape index (κ2) is 8.85. The van der Waals surface area contributed by atoms with Crippen LogP contribution in [0.5, 0.6) is 11.5 Å². The Bertz CT molecular complexity index is 815. The highest BCUT2D eigenvalue weighted by atomic mass is 35.5. The van der Waals surface area contributed by atoms with Crippen LogP contribution in [0.3, 0.4) is 0 Å². The van der Waals surface area contributed by atoms with E-state index in [1.165, 1.54) is 0 Å². The SMILES string of the molecule is Cc1cc(OCCCC(=O)NC2CCOc3ccc(Cl)cc32)cc(C)c1Cl. The maximum Gasteiger partial charge on any atom is 0.220 e. The minimum atomic E-state index is -0.0672. The zero-order chi connectivity index (χ0) is 19.4. The number of fused-ring (bicyclic) bond motifs is 1. The smallest absolute Gasteiger partial charge is 0.220 e. The first-order valence-electron chi connectivity index (χ1n) is 9.05. The molecule has 0 bridgehead atoms. The highest BCUT2D eigenvalue weighted by Gasteiger charge is 2.23. The van der Waals surface area contributed by atoms with Gasteiger partial charge in [0.15, 0.2) is 0 Å². The molecule has 6 heteroatoms. The second-order valence-corrected chi connectivity index (χ2v) is 7.58. The number of amides is 1. The van der Waals surface area contributed by atoms with Gasteiger partial charge in [-0.05, 0) is 61.7 Å². The van der Waals surface area contributed by atoms with Gasteiger partial charge in [0.1, 0.15) is 11.5 Å². The van der Waals surface area contributed by atoms with Crippen LogP contribution < -0.4 is 14.8 Å². The molecular formula is C21H23Cl2NO3. The van der Waals surface area contributed by atoms with Crippen LogP contribution in [0.1, 0.15) is 42.0 Å². The second-order valence-electron chi connectivity index (χ2n) is 6.76. The van der Waals surface area contributed by atoms with Gasteiger partial charge in [0.05, 0.1) is 19.3 Å². The lowest BCUT2D eigenvalue weighted by atomic mass is 10.0. The first-order valence-corrected chi connectivity index (χ1v) is 9.81. The average molecular weight is 408 g/mol. The van der Waals surface area contributed by atoms with Crippen LogP contribution in [-0.2, 0) is 4.79 Å². The summed E-state index contributed by atoms with van der Waals surface area (Å²) in [4.78, 5) is 12.3. The van der Waals surface area contributed by atoms with E-state index in [0.717, 1.165) is 39.6 Å². The van der Waals surface area contributed by atoms with Crippen molar-refractivity contribution < 1.29 is 14.3 Å². The number of ether oxygens (including phenoxy) is 2. The van der Waals surface area contributed by atoms with Gasteiger partial charge >= 0.3 is 0 Å². The number of hydrogen-bond donors (Lipinski definition) is 1. The fraction of sp³-hybridized carbons (Fsp3) is 0.381. The molecule has 1 aliphatic heterocycles. The zero-order valence-corrected chi connectivity index (χ0v) is 17.0. The summed E-state index contributed by atoms with van der Waals surface area (Å²) in [7, 11) is 0. The Morgan fingerprint density at radius 1 is 1.22 bits per heavy atom. The first-order chi connectivity index (χ1) is 12.9. The largest absolute Gasteiger partial charge is 0.494 e. The van der Waals surface area contributed by atoms with Crippen molar-refractivity contribution >= 4 is 29.1 Å². The minimum absolute atomic E-state index is 0.0000993. The molecule has 2 aromatic rings. The molecule has 1 heterocycles. The van der Waals surface area contributed by atoms with Crippen LogP contribution in [0.4, 0.5) is 0 Å². The van der Waals surface area contributed by atoms with E-state index in [4.69, 9.17) is 32.7 Å². The minimum Gasteiger partial charge on any atom is -0.494 e. The lowest BCUT2D eigenvalue weighted by molar-refractivity contribution is -0.122. The Balaban J connectivity index is 1.48. The Kier molecular flexibility index (Phi) is 6.51. The Morgan fingerprint density at radius 3 is 2.70 bits per heavy atom. The van der Waals surface area contributed by atoms with E-state index < -0.39 is 0 Å². The molecule has 0 saturated heterocycles. The number of carbonyl (C=O) groups excluding carboxylic acids is 1. The number of carbonyl (C=O) groups is 1. The molecule has 3 rings (SSSR count). The summed E-state index contributed by atoms with van der Waals surface area (Å²) in [5.74, 6) is 1.57. The third-order valence-electron chi connectivity index (χ3n) is 4.57. The molecular weight excluding hydrogens is 385 g/mol. The van der Waals surface area contributed by atoms with Crippen LogP contribution in [0.2, 0.25) is 10.0 Å². The van der Waals surface area contributed by atoms with Crippen molar-refractivity contribution in [1.29, 1.82) is 0 Å². The fourth-order valence-corrected chi connectivity index (χ4v) is 3.48. The van der Waals surface area contributed by atoms with Crippen LogP contribution in [0.15, 0.2) is 30.3 Å². The molecule has 0 fully saturated rings. The summed E-state index contributed by atoms with van der Waals surface area (Å²) in [6.07, 6.45) is 1.77. The van der Waals surface area contributed by atoms with Crippen LogP contribution >= 0.6 is 23.2 Å². The number of aryl methyl sites for hydroxylation is 2. The quantitative estimate of drug-likeness (QED) is 0.651. The Morgan fingerprint density at radius 2 is 1.96 bits per heavy atom. The van der Waals surface area contributed by atoms with Crippen molar-refractivity contribution in [3.8, 4) is 11.5 Å². The van der Waals surface area contributed by atoms with Crippen molar-refractivity contribution in [3.05, 3.63) is 57.1 Å². The van der Waals surface area contributed by atoms with Gasteiger partial charge in [-0.1, -0.05) is 23.2 Å². The van der Waals surface area contributed by atoms with Gasteiger partial charge in [-0.2, -0.15) is 0 Å². The molecule has 1 N–H and O–H groups in total. The number of halogens is 2. The molecule has 0 saturated carbocycles. The topological polar surface area (TPSA) is 47.6 Å². The molecule has 0 radical (unpaired) electrons. The van der Waals surface area contributed by atoms with Gasteiger partial charge in [0, 0.05) is 28.5 Å². The molecule has 4 nitrogen and oxygen atoms in total. The summed E-state index contributed by atoms with van der Waals surface area (Å²) in [5, 5.41) is 4.48. The van der Waals surface area contributed by atoms with Gasteiger partial charge in [0.2, 0.25) is 5.91 Å². The van der Waals surface area contributed by atoms with E-state index in [1.807, 2.05) is 38.1 Å². The maximum absolute atomic E-state index is 12.3. The summed E-state index contributed by atoms with van der Waals surface area (Å²) >= 11 is 12.2. The van der Waals surface area contributed by atoms with E-state index >= 15 is 0 Å². The molecule has 1 unspecified atom stereocenters. The molecule has 0 aliphatic carbocycles. The van der Waals surface area contributed by atoms with Crippen molar-refractivity contribution in [3.63, 3.8) is 0 Å². The van der Waals surface area contributed by atoms with E-state index in [2.05, 4.69) is 5.32 Å². The summed E-state index contributed by atoms with van der Waals surface area (Å²) < 4.78 is 11.4. The standard InChI is InChI=1S/C21H23Cl2NO3/c1-13-10-16(11-14(2)21(13)23)26-8-3-4-20(25)24-18-7-9-27-19-6-5-15(22)12-17(18)19/h5-6,10-12,18H,3-4,7-9H2,1-2H3,(H,24,25). The molecule has 0 spiro atoms. The fourth-order valence-electron chi connectivity index (χ4n) is 3.19. The van der Waals surface area contributed by atoms with E-state index in [9.17, 15) is 4.79 Å². The lowest BCUT2D eigenvalue weighted by Crippen LogP contribution is -2.32. The predicted molar refractivity (Wildman–Crippen MR) is 108 cm³/mol. The van der Waals surface area contributed by atoms with Crippen LogP contribution in [-0.4, -0.2) is 19.1 Å². The predicted octanol–water partition coefficient (Wildman–Crippen LogP) is 5.41. The Labute approximate surface area is 169 Å². The maximum atomic E-state index is 12.3. The molecule has 2 aromatic carbocycles. The van der Waals surface area contributed by atoms with Gasteiger partial charge in [-0.3, -0.25) is 4.79 Å². The van der Waals surface area contributed by atoms with E-state index in [1.54, 1.807) is 6.07 Å². The molecule has 1 atom stereocenters. The van der Waals surface area contributed by atoms with Crippen molar-refractivity contribution in [2.75, 3.05) is 13.2 Å². The van der Waals surface area contributed by atoms with E-state index in [-0.39, 0.29) is 11.9 Å². The van der Waals surface area contributed by atoms with Crippen molar-refractivity contribution in [1.82, 2.24) is 5.32 Å². The summed E-state index contributed by atoms with van der Waals surface area (Å²) in [6, 6.07) is 9.26. The van der Waals surface area contributed by atoms with Gasteiger partial charge < -0.3 is 14.8 Å². The van der Waals surface area contributed by atoms with Crippen LogP contribution in [0.25, 0.3) is 0 Å². The zero-order valence-electron chi connectivity index (χ0n) is 15.5. The summed E-state index contributed by atoms with van der Waals surface area (Å²) in [6.45, 7) is 4.96. The monoisotopic (exact) mass is 407 g/mol. The third kappa shape index (κ3) is 5.08. The van der Waals surface area contributed by atoms with Gasteiger partial charge in [0.25, 0.3) is 0 Å². The lowest BCUT2D eigenvalue weighted by Gasteiger charge is -2.27. The van der Waals surface area contributed by atoms with E-state index in [0.29, 0.717) is 31.1 Å².